The zero-order valence-electron chi connectivity index (χ0n) is 13.7. The standard InChI is InChI=1S/C17H30O2/c1-8-19-16(18)17(6,7)15(5)12-14(4)11-9-10-13(2)3/h10,12,15H,8-9,11H2,1-7H3/b14-12+. The molecule has 0 spiro atoms. The number of rotatable bonds is 7. The van der Waals surface area contributed by atoms with Crippen LogP contribution in [0.1, 0.15) is 61.3 Å². The second kappa shape index (κ2) is 8.19. The Morgan fingerprint density at radius 3 is 2.32 bits per heavy atom. The van der Waals surface area contributed by atoms with Crippen molar-refractivity contribution in [3.05, 3.63) is 23.3 Å². The van der Waals surface area contributed by atoms with Gasteiger partial charge in [0.1, 0.15) is 0 Å². The Labute approximate surface area is 118 Å². The van der Waals surface area contributed by atoms with E-state index in [1.165, 1.54) is 11.1 Å². The molecule has 0 aliphatic heterocycles. The van der Waals surface area contributed by atoms with Crippen LogP contribution in [0.25, 0.3) is 0 Å². The summed E-state index contributed by atoms with van der Waals surface area (Å²) in [4.78, 5) is 11.9. The summed E-state index contributed by atoms with van der Waals surface area (Å²) in [6, 6.07) is 0. The first kappa shape index (κ1) is 17.9. The van der Waals surface area contributed by atoms with Crippen LogP contribution < -0.4 is 0 Å². The number of hydrogen-bond acceptors (Lipinski definition) is 2. The van der Waals surface area contributed by atoms with Gasteiger partial charge < -0.3 is 4.74 Å². The minimum Gasteiger partial charge on any atom is -0.466 e. The molecular formula is C17H30O2. The third-order valence-corrected chi connectivity index (χ3v) is 3.57. The second-order valence-electron chi connectivity index (χ2n) is 6.06. The highest BCUT2D eigenvalue weighted by Gasteiger charge is 2.34. The summed E-state index contributed by atoms with van der Waals surface area (Å²) in [6.07, 6.45) is 6.57. The van der Waals surface area contributed by atoms with E-state index in [-0.39, 0.29) is 11.9 Å². The first-order valence-corrected chi connectivity index (χ1v) is 7.19. The molecule has 0 aromatic rings. The highest BCUT2D eigenvalue weighted by atomic mass is 16.5. The van der Waals surface area contributed by atoms with Gasteiger partial charge in [-0.1, -0.05) is 30.2 Å². The highest BCUT2D eigenvalue weighted by molar-refractivity contribution is 5.76. The minimum absolute atomic E-state index is 0.115. The van der Waals surface area contributed by atoms with Crippen molar-refractivity contribution in [2.75, 3.05) is 6.61 Å². The molecule has 1 unspecified atom stereocenters. The lowest BCUT2D eigenvalue weighted by Crippen LogP contribution is -2.32. The maximum Gasteiger partial charge on any atom is 0.312 e. The third kappa shape index (κ3) is 6.60. The van der Waals surface area contributed by atoms with Crippen LogP contribution in [0, 0.1) is 11.3 Å². The fraction of sp³-hybridized carbons (Fsp3) is 0.706. The molecule has 1 atom stereocenters. The Balaban J connectivity index is 4.59. The fourth-order valence-electron chi connectivity index (χ4n) is 1.81. The molecule has 0 bridgehead atoms. The lowest BCUT2D eigenvalue weighted by molar-refractivity contribution is -0.155. The normalized spacial score (nSPS) is 13.9. The van der Waals surface area contributed by atoms with E-state index in [2.05, 4.69) is 39.8 Å². The topological polar surface area (TPSA) is 26.3 Å². The first-order valence-electron chi connectivity index (χ1n) is 7.19. The van der Waals surface area contributed by atoms with Crippen LogP contribution in [0.15, 0.2) is 23.3 Å². The Morgan fingerprint density at radius 2 is 1.84 bits per heavy atom. The summed E-state index contributed by atoms with van der Waals surface area (Å²) in [5, 5.41) is 0. The van der Waals surface area contributed by atoms with Crippen molar-refractivity contribution >= 4 is 5.97 Å². The molecule has 0 amide bonds. The van der Waals surface area contributed by atoms with E-state index in [0.717, 1.165) is 12.8 Å². The van der Waals surface area contributed by atoms with E-state index < -0.39 is 5.41 Å². The Morgan fingerprint density at radius 1 is 1.26 bits per heavy atom. The fourth-order valence-corrected chi connectivity index (χ4v) is 1.81. The van der Waals surface area contributed by atoms with Gasteiger partial charge in [0.2, 0.25) is 0 Å². The van der Waals surface area contributed by atoms with Crippen LogP contribution in [0.2, 0.25) is 0 Å². The summed E-state index contributed by atoms with van der Waals surface area (Å²) in [5.74, 6) is 0.0640. The molecule has 0 aromatic heterocycles. The highest BCUT2D eigenvalue weighted by Crippen LogP contribution is 2.30. The summed E-state index contributed by atoms with van der Waals surface area (Å²) >= 11 is 0. The van der Waals surface area contributed by atoms with Gasteiger partial charge in [0.25, 0.3) is 0 Å². The number of allylic oxidation sites excluding steroid dienone is 4. The molecule has 0 saturated heterocycles. The van der Waals surface area contributed by atoms with E-state index >= 15 is 0 Å². The minimum atomic E-state index is -0.465. The molecule has 0 aromatic carbocycles. The maximum absolute atomic E-state index is 11.9. The van der Waals surface area contributed by atoms with Crippen molar-refractivity contribution in [3.8, 4) is 0 Å². The van der Waals surface area contributed by atoms with Gasteiger partial charge in [0.15, 0.2) is 0 Å². The van der Waals surface area contributed by atoms with Crippen LogP contribution in [0.3, 0.4) is 0 Å². The van der Waals surface area contributed by atoms with E-state index in [1.54, 1.807) is 0 Å². The largest absolute Gasteiger partial charge is 0.466 e. The number of esters is 1. The predicted octanol–water partition coefficient (Wildman–Crippen LogP) is 4.90. The smallest absolute Gasteiger partial charge is 0.312 e. The lowest BCUT2D eigenvalue weighted by Gasteiger charge is -2.27. The van der Waals surface area contributed by atoms with Crippen LogP contribution in [0.4, 0.5) is 0 Å². The number of carbonyl (C=O) groups is 1. The van der Waals surface area contributed by atoms with Crippen LogP contribution in [0.5, 0.6) is 0 Å². The average molecular weight is 266 g/mol. The van der Waals surface area contributed by atoms with Gasteiger partial charge in [0, 0.05) is 0 Å². The molecule has 0 radical (unpaired) electrons. The van der Waals surface area contributed by atoms with Gasteiger partial charge in [-0.2, -0.15) is 0 Å². The van der Waals surface area contributed by atoms with E-state index in [9.17, 15) is 4.79 Å². The zero-order chi connectivity index (χ0) is 15.1. The first-order chi connectivity index (χ1) is 8.71. The van der Waals surface area contributed by atoms with Gasteiger partial charge in [-0.05, 0) is 60.3 Å². The van der Waals surface area contributed by atoms with Crippen molar-refractivity contribution in [1.82, 2.24) is 0 Å². The maximum atomic E-state index is 11.9. The van der Waals surface area contributed by atoms with Gasteiger partial charge >= 0.3 is 5.97 Å². The van der Waals surface area contributed by atoms with Crippen LogP contribution >= 0.6 is 0 Å². The zero-order valence-corrected chi connectivity index (χ0v) is 13.7. The quantitative estimate of drug-likeness (QED) is 0.483. The van der Waals surface area contributed by atoms with Crippen molar-refractivity contribution in [3.63, 3.8) is 0 Å². The Kier molecular flexibility index (Phi) is 7.73. The monoisotopic (exact) mass is 266 g/mol. The summed E-state index contributed by atoms with van der Waals surface area (Å²) < 4.78 is 5.14. The van der Waals surface area contributed by atoms with Crippen molar-refractivity contribution in [2.45, 2.75) is 61.3 Å². The molecule has 0 aliphatic rings. The molecule has 0 heterocycles. The van der Waals surface area contributed by atoms with E-state index in [1.807, 2.05) is 20.8 Å². The molecule has 19 heavy (non-hydrogen) atoms. The van der Waals surface area contributed by atoms with Crippen LogP contribution in [-0.2, 0) is 9.53 Å². The van der Waals surface area contributed by atoms with Crippen molar-refractivity contribution in [1.29, 1.82) is 0 Å². The Bertz CT molecular complexity index is 344. The van der Waals surface area contributed by atoms with E-state index in [0.29, 0.717) is 6.61 Å². The average Bonchev–Trinajstić information content (AvgIpc) is 2.28. The third-order valence-electron chi connectivity index (χ3n) is 3.57. The summed E-state index contributed by atoms with van der Waals surface area (Å²) in [7, 11) is 0. The number of ether oxygens (including phenoxy) is 1. The molecular weight excluding hydrogens is 236 g/mol. The summed E-state index contributed by atoms with van der Waals surface area (Å²) in [5.41, 5.74) is 2.23. The molecule has 0 rings (SSSR count). The van der Waals surface area contributed by atoms with Gasteiger partial charge in [-0.25, -0.2) is 0 Å². The SMILES string of the molecule is CCOC(=O)C(C)(C)C(C)/C=C(\C)CCC=C(C)C. The lowest BCUT2D eigenvalue weighted by atomic mass is 9.79. The molecule has 0 N–H and O–H groups in total. The molecule has 110 valence electrons. The second-order valence-corrected chi connectivity index (χ2v) is 6.06. The predicted molar refractivity (Wildman–Crippen MR) is 82.0 cm³/mol. The number of hydrogen-bond donors (Lipinski definition) is 0. The summed E-state index contributed by atoms with van der Waals surface area (Å²) in [6.45, 7) is 14.7. The van der Waals surface area contributed by atoms with Gasteiger partial charge in [-0.15, -0.1) is 0 Å². The molecule has 0 fully saturated rings. The molecule has 2 heteroatoms. The molecule has 0 aliphatic carbocycles. The molecule has 2 nitrogen and oxygen atoms in total. The van der Waals surface area contributed by atoms with Crippen molar-refractivity contribution < 1.29 is 9.53 Å². The molecule has 0 saturated carbocycles. The Hall–Kier alpha value is -1.05. The number of carbonyl (C=O) groups excluding carboxylic acids is 1. The van der Waals surface area contributed by atoms with Gasteiger partial charge in [0.05, 0.1) is 12.0 Å². The van der Waals surface area contributed by atoms with Crippen LogP contribution in [-0.4, -0.2) is 12.6 Å². The van der Waals surface area contributed by atoms with Crippen molar-refractivity contribution in [2.24, 2.45) is 11.3 Å². The van der Waals surface area contributed by atoms with E-state index in [4.69, 9.17) is 4.74 Å². The van der Waals surface area contributed by atoms with Gasteiger partial charge in [-0.3, -0.25) is 4.79 Å².